The third-order valence-electron chi connectivity index (χ3n) is 11.9. The molecular formula is C56H81N3O15. The highest BCUT2D eigenvalue weighted by atomic mass is 16.7. The maximum absolute atomic E-state index is 14.0. The number of ether oxygens (including phenoxy) is 7. The molecule has 1 amide bonds. The van der Waals surface area contributed by atoms with Crippen molar-refractivity contribution in [2.75, 3.05) is 13.2 Å². The summed E-state index contributed by atoms with van der Waals surface area (Å²) in [5.41, 5.74) is -2.90. The standard InChI is InChI=1S/C56H81N3O15/c1-51(2,3)46(63)68-31-30-59-36-22-19-21-35(29-28-34-26-24-33(25-27-34)20-18-23-38(60)57-56(16,17)45(61)62)39(36)43(58-59)74-44-42(73-50(67)55(13,14)15)41(72-49(66)54(10,11)12)40(71-48(65)53(7,8)9)37(70-44)32-69-47(64)52(4,5)6/h19,21-22,24-27,37,40-42,44H,18,20,23,28-32H2,1-17H3,(H,57,60)(H,61,62)/t37-,40-,41+,42-,44+/m1/s1. The number of aliphatic carboxylic acids is 1. The Labute approximate surface area is 436 Å². The lowest BCUT2D eigenvalue weighted by molar-refractivity contribution is -0.294. The number of esters is 5. The van der Waals surface area contributed by atoms with E-state index >= 15 is 0 Å². The van der Waals surface area contributed by atoms with Crippen molar-refractivity contribution in [3.8, 4) is 5.88 Å². The Morgan fingerprint density at radius 3 is 1.61 bits per heavy atom. The minimum atomic E-state index is -1.62. The van der Waals surface area contributed by atoms with Crippen LogP contribution in [0.4, 0.5) is 0 Å². The van der Waals surface area contributed by atoms with E-state index in [9.17, 15) is 38.7 Å². The van der Waals surface area contributed by atoms with Crippen molar-refractivity contribution in [2.24, 2.45) is 27.1 Å². The molecule has 18 nitrogen and oxygen atoms in total. The van der Waals surface area contributed by atoms with Crippen molar-refractivity contribution < 1.29 is 71.8 Å². The molecule has 3 aromatic rings. The molecule has 5 atom stereocenters. The number of amides is 1. The van der Waals surface area contributed by atoms with E-state index in [2.05, 4.69) is 5.32 Å². The maximum atomic E-state index is 14.0. The molecule has 0 spiro atoms. The van der Waals surface area contributed by atoms with E-state index in [1.165, 1.54) is 13.8 Å². The summed E-state index contributed by atoms with van der Waals surface area (Å²) in [5, 5.41) is 17.4. The zero-order valence-corrected chi connectivity index (χ0v) is 46.6. The molecule has 18 heteroatoms. The third kappa shape index (κ3) is 16.7. The fraction of sp³-hybridized carbons (Fsp3) is 0.643. The van der Waals surface area contributed by atoms with Crippen LogP contribution in [0.5, 0.6) is 5.88 Å². The Hall–Kier alpha value is -6.04. The van der Waals surface area contributed by atoms with E-state index < -0.39 is 106 Å². The lowest BCUT2D eigenvalue weighted by Crippen LogP contribution is -2.65. The number of aryl methyl sites for hydroxylation is 3. The molecule has 0 radical (unpaired) electrons. The molecule has 74 heavy (non-hydrogen) atoms. The van der Waals surface area contributed by atoms with Gasteiger partial charge in [-0.15, -0.1) is 5.10 Å². The summed E-state index contributed by atoms with van der Waals surface area (Å²) in [6.07, 6.45) is -5.25. The Bertz CT molecular complexity index is 2490. The average molecular weight is 1040 g/mol. The predicted octanol–water partition coefficient (Wildman–Crippen LogP) is 8.28. The summed E-state index contributed by atoms with van der Waals surface area (Å²) < 4.78 is 45.2. The van der Waals surface area contributed by atoms with E-state index in [0.717, 1.165) is 16.7 Å². The van der Waals surface area contributed by atoms with Gasteiger partial charge < -0.3 is 43.6 Å². The van der Waals surface area contributed by atoms with E-state index in [4.69, 9.17) is 38.3 Å². The van der Waals surface area contributed by atoms with Gasteiger partial charge in [0, 0.05) is 6.42 Å². The van der Waals surface area contributed by atoms with Crippen LogP contribution < -0.4 is 10.1 Å². The van der Waals surface area contributed by atoms with Crippen LogP contribution in [0, 0.1) is 27.1 Å². The third-order valence-corrected chi connectivity index (χ3v) is 11.9. The van der Waals surface area contributed by atoms with Crippen molar-refractivity contribution in [1.82, 2.24) is 15.1 Å². The number of rotatable bonds is 19. The second-order valence-corrected chi connectivity index (χ2v) is 24.7. The molecule has 0 saturated carbocycles. The van der Waals surface area contributed by atoms with Crippen LogP contribution in [0.3, 0.4) is 0 Å². The van der Waals surface area contributed by atoms with Gasteiger partial charge in [0.05, 0.1) is 44.5 Å². The molecule has 2 aromatic carbocycles. The van der Waals surface area contributed by atoms with E-state index in [0.29, 0.717) is 36.6 Å². The fourth-order valence-electron chi connectivity index (χ4n) is 7.13. The first kappa shape index (κ1) is 60.5. The van der Waals surface area contributed by atoms with Gasteiger partial charge in [-0.3, -0.25) is 33.4 Å². The van der Waals surface area contributed by atoms with Gasteiger partial charge in [-0.25, -0.2) is 4.79 Å². The molecule has 1 saturated heterocycles. The minimum absolute atomic E-state index is 0.0298. The predicted molar refractivity (Wildman–Crippen MR) is 275 cm³/mol. The quantitative estimate of drug-likeness (QED) is 0.0849. The number of carboxylic acid groups (broad SMARTS) is 1. The second kappa shape index (κ2) is 23.7. The minimum Gasteiger partial charge on any atom is -0.480 e. The molecule has 0 bridgehead atoms. The van der Waals surface area contributed by atoms with E-state index in [1.54, 1.807) is 109 Å². The normalized spacial score (nSPS) is 18.7. The average Bonchev–Trinajstić information content (AvgIpc) is 3.62. The summed E-state index contributed by atoms with van der Waals surface area (Å²) in [7, 11) is 0. The van der Waals surface area contributed by atoms with E-state index in [-0.39, 0.29) is 31.4 Å². The number of hydrogen-bond donors (Lipinski definition) is 2. The number of hydrogen-bond acceptors (Lipinski definition) is 15. The van der Waals surface area contributed by atoms with Crippen LogP contribution in [0.2, 0.25) is 0 Å². The highest BCUT2D eigenvalue weighted by Gasteiger charge is 2.56. The molecule has 0 unspecified atom stereocenters. The number of fused-ring (bicyclic) bond motifs is 1. The van der Waals surface area contributed by atoms with Gasteiger partial charge in [0.15, 0.2) is 12.2 Å². The lowest BCUT2D eigenvalue weighted by atomic mass is 9.93. The lowest BCUT2D eigenvalue weighted by Gasteiger charge is -2.45. The maximum Gasteiger partial charge on any atom is 0.328 e. The summed E-state index contributed by atoms with van der Waals surface area (Å²) in [6.45, 7) is 27.5. The van der Waals surface area contributed by atoms with Gasteiger partial charge in [0.1, 0.15) is 24.9 Å². The SMILES string of the molecule is CC(C)(C)C(=O)OCCn1nc(O[C@@H]2O[C@H](COC(=O)C(C)(C)C)[C@@H](OC(=O)C(C)(C)C)[C@H](OC(=O)C(C)(C)C)[C@H]2OC(=O)C(C)(C)C)c2c(CCc3ccc(CCCC(=O)NC(C)(C)C(=O)O)cc3)cccc21. The first-order valence-corrected chi connectivity index (χ1v) is 25.3. The van der Waals surface area contributed by atoms with Gasteiger partial charge >= 0.3 is 35.8 Å². The zero-order valence-electron chi connectivity index (χ0n) is 46.6. The molecule has 1 aliphatic rings. The number of nitrogens with one attached hydrogen (secondary N) is 1. The molecular weight excluding hydrogens is 955 g/mol. The number of carbonyl (C=O) groups excluding carboxylic acids is 6. The van der Waals surface area contributed by atoms with Crippen LogP contribution in [0.25, 0.3) is 10.9 Å². The van der Waals surface area contributed by atoms with Gasteiger partial charge in [-0.05, 0) is 166 Å². The Kier molecular flexibility index (Phi) is 19.3. The highest BCUT2D eigenvalue weighted by Crippen LogP contribution is 2.38. The summed E-state index contributed by atoms with van der Waals surface area (Å²) in [6, 6.07) is 13.6. The fourth-order valence-corrected chi connectivity index (χ4v) is 7.13. The largest absolute Gasteiger partial charge is 0.480 e. The first-order valence-electron chi connectivity index (χ1n) is 25.3. The monoisotopic (exact) mass is 1040 g/mol. The number of nitrogens with zero attached hydrogens (tertiary/aromatic N) is 2. The van der Waals surface area contributed by atoms with Crippen molar-refractivity contribution in [2.45, 2.75) is 193 Å². The molecule has 1 aliphatic heterocycles. The van der Waals surface area contributed by atoms with Crippen LogP contribution in [-0.4, -0.2) is 106 Å². The highest BCUT2D eigenvalue weighted by molar-refractivity contribution is 5.88. The number of benzene rings is 2. The van der Waals surface area contributed by atoms with Gasteiger partial charge in [0.25, 0.3) is 0 Å². The van der Waals surface area contributed by atoms with Crippen molar-refractivity contribution in [1.29, 1.82) is 0 Å². The van der Waals surface area contributed by atoms with Crippen LogP contribution in [0.15, 0.2) is 42.5 Å². The van der Waals surface area contributed by atoms with Crippen molar-refractivity contribution in [3.05, 3.63) is 59.2 Å². The second-order valence-electron chi connectivity index (χ2n) is 24.7. The summed E-state index contributed by atoms with van der Waals surface area (Å²) in [5.74, 6) is -4.56. The molecule has 2 N–H and O–H groups in total. The molecule has 1 fully saturated rings. The van der Waals surface area contributed by atoms with Gasteiger partial charge in [-0.2, -0.15) is 0 Å². The van der Waals surface area contributed by atoms with Crippen molar-refractivity contribution >= 4 is 52.6 Å². The van der Waals surface area contributed by atoms with Crippen LogP contribution in [-0.2, 0) is 87.8 Å². The molecule has 0 aliphatic carbocycles. The number of aromatic nitrogens is 2. The summed E-state index contributed by atoms with van der Waals surface area (Å²) in [4.78, 5) is 91.8. The topological polar surface area (TPSA) is 234 Å². The number of carbonyl (C=O) groups is 7. The Morgan fingerprint density at radius 2 is 1.09 bits per heavy atom. The smallest absolute Gasteiger partial charge is 0.328 e. The van der Waals surface area contributed by atoms with Crippen LogP contribution in [0.1, 0.15) is 147 Å². The first-order chi connectivity index (χ1) is 33.9. The van der Waals surface area contributed by atoms with Gasteiger partial charge in [0.2, 0.25) is 24.2 Å². The Balaban J connectivity index is 1.82. The number of carboxylic acids is 1. The molecule has 2 heterocycles. The Morgan fingerprint density at radius 1 is 0.608 bits per heavy atom. The van der Waals surface area contributed by atoms with E-state index in [1.807, 2.05) is 42.5 Å². The molecule has 1 aromatic heterocycles. The van der Waals surface area contributed by atoms with Crippen molar-refractivity contribution in [3.63, 3.8) is 0 Å². The zero-order chi connectivity index (χ0) is 55.9. The van der Waals surface area contributed by atoms with Gasteiger partial charge in [-0.1, -0.05) is 36.4 Å². The van der Waals surface area contributed by atoms with Crippen LogP contribution >= 0.6 is 0 Å². The summed E-state index contributed by atoms with van der Waals surface area (Å²) >= 11 is 0. The molecule has 4 rings (SSSR count). The molecule has 410 valence electrons.